The summed E-state index contributed by atoms with van der Waals surface area (Å²) >= 11 is 6.70. The molecule has 2 heterocycles. The van der Waals surface area contributed by atoms with Gasteiger partial charge in [-0.2, -0.15) is 0 Å². The quantitative estimate of drug-likeness (QED) is 0.803. The van der Waals surface area contributed by atoms with Crippen LogP contribution in [0.1, 0.15) is 28.9 Å². The van der Waals surface area contributed by atoms with Crippen molar-refractivity contribution in [2.45, 2.75) is 17.7 Å². The topological polar surface area (TPSA) is 64.1 Å². The van der Waals surface area contributed by atoms with Gasteiger partial charge in [-0.15, -0.1) is 11.6 Å². The van der Waals surface area contributed by atoms with Crippen molar-refractivity contribution < 1.29 is 18.3 Å². The number of alkyl halides is 1. The number of rotatable bonds is 3. The number of nitrogens with one attached hydrogen (secondary N) is 1. The van der Waals surface area contributed by atoms with Crippen molar-refractivity contribution in [3.05, 3.63) is 77.0 Å². The van der Waals surface area contributed by atoms with E-state index < -0.39 is 28.0 Å². The highest BCUT2D eigenvalue weighted by atomic mass is 35.5. The van der Waals surface area contributed by atoms with E-state index in [1.807, 2.05) is 6.08 Å². The van der Waals surface area contributed by atoms with Crippen molar-refractivity contribution >= 4 is 23.3 Å². The van der Waals surface area contributed by atoms with Crippen LogP contribution in [0.15, 0.2) is 54.1 Å². The lowest BCUT2D eigenvalue weighted by Gasteiger charge is -2.26. The number of anilines is 1. The fourth-order valence-corrected chi connectivity index (χ4v) is 3.43. The second-order valence-corrected chi connectivity index (χ2v) is 6.95. The largest absolute Gasteiger partial charge is 0.493 e. The number of aromatic nitrogens is 2. The Bertz CT molecular complexity index is 955. The summed E-state index contributed by atoms with van der Waals surface area (Å²) in [5.74, 6) is -1.92. The molecule has 1 aliphatic heterocycles. The molecule has 1 N–H and O–H groups in total. The Kier molecular flexibility index (Phi) is 4.39. The maximum Gasteiger partial charge on any atom is 0.262 e. The van der Waals surface area contributed by atoms with Crippen LogP contribution in [0, 0.1) is 11.6 Å². The molecule has 1 aromatic heterocycles. The molecule has 1 aliphatic carbocycles. The standard InChI is InChI=1S/C19H14ClF2N3O2/c20-19(6-4-14-11(8-19)5-7-27-14)15-9-24-16(10-23-15)25-18(26)17-12(21)2-1-3-13(17)22/h1-4,6,9-10H,5,7-8H2,(H,24,25,26). The Morgan fingerprint density at radius 1 is 1.22 bits per heavy atom. The van der Waals surface area contributed by atoms with Crippen molar-refractivity contribution in [1.29, 1.82) is 0 Å². The number of amides is 1. The fraction of sp³-hybridized carbons (Fsp3) is 0.211. The summed E-state index contributed by atoms with van der Waals surface area (Å²) in [6, 6.07) is 3.20. The monoisotopic (exact) mass is 389 g/mol. The minimum atomic E-state index is -0.952. The summed E-state index contributed by atoms with van der Waals surface area (Å²) in [5, 5.41) is 2.34. The van der Waals surface area contributed by atoms with Gasteiger partial charge in [-0.25, -0.2) is 13.8 Å². The fourth-order valence-electron chi connectivity index (χ4n) is 3.10. The van der Waals surface area contributed by atoms with Gasteiger partial charge in [0.05, 0.1) is 24.7 Å². The Morgan fingerprint density at radius 3 is 2.70 bits per heavy atom. The SMILES string of the molecule is O=C(Nc1cnc(C2(Cl)C=CC3=C(CCO3)C2)cn1)c1c(F)cccc1F. The van der Waals surface area contributed by atoms with Crippen LogP contribution in [0.5, 0.6) is 0 Å². The number of benzene rings is 1. The summed E-state index contributed by atoms with van der Waals surface area (Å²) in [5.41, 5.74) is 0.962. The van der Waals surface area contributed by atoms with E-state index in [9.17, 15) is 13.6 Å². The van der Waals surface area contributed by atoms with Gasteiger partial charge in [0.25, 0.3) is 5.91 Å². The lowest BCUT2D eigenvalue weighted by Crippen LogP contribution is -2.22. The normalized spacial score (nSPS) is 21.0. The third kappa shape index (κ3) is 3.30. The molecule has 0 bridgehead atoms. The number of ether oxygens (including phenoxy) is 1. The van der Waals surface area contributed by atoms with Gasteiger partial charge in [0.15, 0.2) is 5.82 Å². The molecule has 8 heteroatoms. The molecule has 1 unspecified atom stereocenters. The average Bonchev–Trinajstić information content (AvgIpc) is 3.09. The highest BCUT2D eigenvalue weighted by Crippen LogP contribution is 2.43. The van der Waals surface area contributed by atoms with Crippen LogP contribution in [0.4, 0.5) is 14.6 Å². The molecule has 2 aliphatic rings. The summed E-state index contributed by atoms with van der Waals surface area (Å²) < 4.78 is 32.9. The van der Waals surface area contributed by atoms with Crippen molar-refractivity contribution in [3.8, 4) is 0 Å². The van der Waals surface area contributed by atoms with E-state index >= 15 is 0 Å². The molecule has 0 radical (unpaired) electrons. The molecular weight excluding hydrogens is 376 g/mol. The molecule has 0 fully saturated rings. The third-order valence-electron chi connectivity index (χ3n) is 4.49. The van der Waals surface area contributed by atoms with Crippen molar-refractivity contribution in [1.82, 2.24) is 9.97 Å². The number of hydrogen-bond acceptors (Lipinski definition) is 4. The maximum atomic E-state index is 13.7. The zero-order valence-electron chi connectivity index (χ0n) is 14.0. The zero-order valence-corrected chi connectivity index (χ0v) is 14.8. The third-order valence-corrected chi connectivity index (χ3v) is 4.94. The van der Waals surface area contributed by atoms with Gasteiger partial charge in [0.1, 0.15) is 27.8 Å². The van der Waals surface area contributed by atoms with E-state index in [-0.39, 0.29) is 5.82 Å². The first-order valence-electron chi connectivity index (χ1n) is 8.27. The molecule has 1 amide bonds. The first kappa shape index (κ1) is 17.6. The van der Waals surface area contributed by atoms with Gasteiger partial charge in [0.2, 0.25) is 0 Å². The predicted molar refractivity (Wildman–Crippen MR) is 95.2 cm³/mol. The highest BCUT2D eigenvalue weighted by Gasteiger charge is 2.35. The number of carbonyl (C=O) groups excluding carboxylic acids is 1. The van der Waals surface area contributed by atoms with Crippen LogP contribution in [0.3, 0.4) is 0 Å². The van der Waals surface area contributed by atoms with Gasteiger partial charge in [0, 0.05) is 12.8 Å². The predicted octanol–water partition coefficient (Wildman–Crippen LogP) is 4.08. The molecule has 0 saturated carbocycles. The Morgan fingerprint density at radius 2 is 2.00 bits per heavy atom. The van der Waals surface area contributed by atoms with Crippen molar-refractivity contribution in [3.63, 3.8) is 0 Å². The van der Waals surface area contributed by atoms with Crippen LogP contribution < -0.4 is 5.32 Å². The molecule has 4 rings (SSSR count). The van der Waals surface area contributed by atoms with Gasteiger partial charge in [-0.1, -0.05) is 12.1 Å². The first-order chi connectivity index (χ1) is 13.0. The number of nitrogens with zero attached hydrogens (tertiary/aromatic N) is 2. The molecule has 138 valence electrons. The van der Waals surface area contributed by atoms with Crippen molar-refractivity contribution in [2.75, 3.05) is 11.9 Å². The number of halogens is 3. The summed E-state index contributed by atoms with van der Waals surface area (Å²) in [6.45, 7) is 0.644. The lowest BCUT2D eigenvalue weighted by atomic mass is 9.89. The minimum Gasteiger partial charge on any atom is -0.493 e. The van der Waals surface area contributed by atoms with Crippen LogP contribution in [0.2, 0.25) is 0 Å². The van der Waals surface area contributed by atoms with E-state index in [2.05, 4.69) is 15.3 Å². The van der Waals surface area contributed by atoms with Gasteiger partial charge in [-0.3, -0.25) is 9.78 Å². The van der Waals surface area contributed by atoms with Gasteiger partial charge < -0.3 is 10.1 Å². The average molecular weight is 390 g/mol. The van der Waals surface area contributed by atoms with Crippen LogP contribution in [-0.2, 0) is 9.61 Å². The van der Waals surface area contributed by atoms with E-state index in [0.29, 0.717) is 18.7 Å². The number of carbonyl (C=O) groups is 1. The van der Waals surface area contributed by atoms with Crippen LogP contribution in [0.25, 0.3) is 0 Å². The van der Waals surface area contributed by atoms with E-state index in [1.165, 1.54) is 18.5 Å². The number of allylic oxidation sites excluding steroid dienone is 2. The second-order valence-electron chi connectivity index (χ2n) is 6.28. The van der Waals surface area contributed by atoms with Gasteiger partial charge in [-0.05, 0) is 23.8 Å². The minimum absolute atomic E-state index is 0.0653. The van der Waals surface area contributed by atoms with E-state index in [4.69, 9.17) is 16.3 Å². The van der Waals surface area contributed by atoms with E-state index in [1.54, 1.807) is 6.08 Å². The van der Waals surface area contributed by atoms with Crippen molar-refractivity contribution in [2.24, 2.45) is 0 Å². The number of hydrogen-bond donors (Lipinski definition) is 1. The van der Waals surface area contributed by atoms with Crippen LogP contribution >= 0.6 is 11.6 Å². The smallest absolute Gasteiger partial charge is 0.262 e. The highest BCUT2D eigenvalue weighted by molar-refractivity contribution is 6.25. The summed E-state index contributed by atoms with van der Waals surface area (Å²) in [4.78, 5) is 19.6. The van der Waals surface area contributed by atoms with E-state index in [0.717, 1.165) is 29.9 Å². The molecular formula is C19H14ClF2N3O2. The van der Waals surface area contributed by atoms with Gasteiger partial charge >= 0.3 is 0 Å². The molecule has 1 atom stereocenters. The Balaban J connectivity index is 1.51. The van der Waals surface area contributed by atoms with Crippen LogP contribution in [-0.4, -0.2) is 22.5 Å². The molecule has 5 nitrogen and oxygen atoms in total. The molecule has 27 heavy (non-hydrogen) atoms. The Hall–Kier alpha value is -2.80. The Labute approximate surface area is 158 Å². The molecule has 0 saturated heterocycles. The first-order valence-corrected chi connectivity index (χ1v) is 8.65. The summed E-state index contributed by atoms with van der Waals surface area (Å²) in [7, 11) is 0. The maximum absolute atomic E-state index is 13.7. The molecule has 1 aromatic carbocycles. The molecule has 2 aromatic rings. The second kappa shape index (κ2) is 6.74. The summed E-state index contributed by atoms with van der Waals surface area (Å²) in [6.07, 6.45) is 7.75. The zero-order chi connectivity index (χ0) is 19.0. The lowest BCUT2D eigenvalue weighted by molar-refractivity contribution is 0.101. The molecule has 0 spiro atoms.